The number of carbonyl (C=O) groups excluding carboxylic acids is 3. The highest BCUT2D eigenvalue weighted by Gasteiger charge is 2.19. The van der Waals surface area contributed by atoms with Gasteiger partial charge in [0, 0.05) is 19.3 Å². The molecule has 1 unspecified atom stereocenters. The number of hydrogen-bond donors (Lipinski definition) is 0. The van der Waals surface area contributed by atoms with Crippen molar-refractivity contribution in [3.8, 4) is 0 Å². The molecule has 0 rings (SSSR count). The minimum atomic E-state index is -0.782. The Morgan fingerprint density at radius 1 is 0.256 bits per heavy atom. The van der Waals surface area contributed by atoms with Crippen LogP contribution in [0.1, 0.15) is 348 Å². The van der Waals surface area contributed by atoms with E-state index in [-0.39, 0.29) is 31.1 Å². The lowest BCUT2D eigenvalue weighted by molar-refractivity contribution is -0.167. The predicted molar refractivity (Wildman–Crippen MR) is 357 cm³/mol. The van der Waals surface area contributed by atoms with Gasteiger partial charge in [-0.25, -0.2) is 0 Å². The summed E-state index contributed by atoms with van der Waals surface area (Å²) in [6.07, 6.45) is 94.4. The molecule has 0 aromatic carbocycles. The summed E-state index contributed by atoms with van der Waals surface area (Å²) >= 11 is 0. The molecule has 0 radical (unpaired) electrons. The molecule has 0 heterocycles. The van der Waals surface area contributed by atoms with Gasteiger partial charge >= 0.3 is 17.9 Å². The van der Waals surface area contributed by atoms with Gasteiger partial charge in [0.25, 0.3) is 0 Å². The van der Waals surface area contributed by atoms with E-state index in [1.165, 1.54) is 205 Å². The van der Waals surface area contributed by atoms with Crippen molar-refractivity contribution in [2.24, 2.45) is 0 Å². The van der Waals surface area contributed by atoms with Crippen molar-refractivity contribution >= 4 is 17.9 Å². The van der Waals surface area contributed by atoms with Gasteiger partial charge in [-0.1, -0.05) is 304 Å². The van der Waals surface area contributed by atoms with Crippen LogP contribution >= 0.6 is 0 Å². The lowest BCUT2D eigenvalue weighted by Gasteiger charge is -2.18. The van der Waals surface area contributed by atoms with Gasteiger partial charge in [0.2, 0.25) is 0 Å². The van der Waals surface area contributed by atoms with Gasteiger partial charge in [0.05, 0.1) is 0 Å². The Labute approximate surface area is 508 Å². The highest BCUT2D eigenvalue weighted by molar-refractivity contribution is 5.71. The quantitative estimate of drug-likeness (QED) is 0.0261. The van der Waals surface area contributed by atoms with Crippen molar-refractivity contribution in [2.45, 2.75) is 354 Å². The fourth-order valence-corrected chi connectivity index (χ4v) is 10.0. The molecule has 0 aromatic rings. The Hall–Kier alpha value is -3.67. The average molecular weight is 1140 g/mol. The number of rotatable bonds is 64. The minimum Gasteiger partial charge on any atom is -0.462 e. The van der Waals surface area contributed by atoms with Crippen LogP contribution in [0.15, 0.2) is 97.2 Å². The summed E-state index contributed by atoms with van der Waals surface area (Å²) in [6, 6.07) is 0. The molecule has 0 spiro atoms. The van der Waals surface area contributed by atoms with E-state index in [4.69, 9.17) is 14.2 Å². The smallest absolute Gasteiger partial charge is 0.306 e. The number of allylic oxidation sites excluding steroid dienone is 16. The summed E-state index contributed by atoms with van der Waals surface area (Å²) in [4.78, 5) is 38.4. The standard InChI is InChI=1S/C76H132O6/c1-4-7-10-13-16-19-22-25-27-29-31-32-33-34-35-36-37-38-39-40-41-42-43-44-46-47-49-51-54-57-60-63-66-69-75(78)81-72-73(71-80-74(77)68-65-62-59-56-53-24-21-18-15-12-9-6-3)82-76(79)70-67-64-61-58-55-52-50-48-45-30-28-26-23-20-17-14-11-8-5-2/h7,10,16-21,25-28,31-32,34-35,73H,4-6,8-9,11-15,22-24,29-30,33,36-72H2,1-3H3/b10-7-,19-16-,20-17-,21-18-,27-25-,28-26-,32-31-,35-34-. The molecule has 0 aliphatic rings. The Balaban J connectivity index is 4.17. The van der Waals surface area contributed by atoms with Crippen molar-refractivity contribution in [3.05, 3.63) is 97.2 Å². The van der Waals surface area contributed by atoms with E-state index < -0.39 is 6.10 Å². The lowest BCUT2D eigenvalue weighted by atomic mass is 10.0. The maximum absolute atomic E-state index is 12.9. The third-order valence-corrected chi connectivity index (χ3v) is 15.3. The first-order valence-corrected chi connectivity index (χ1v) is 35.2. The largest absolute Gasteiger partial charge is 0.462 e. The summed E-state index contributed by atoms with van der Waals surface area (Å²) in [5.74, 6) is -0.876. The molecule has 0 aliphatic heterocycles. The Morgan fingerprint density at radius 3 is 0.756 bits per heavy atom. The van der Waals surface area contributed by atoms with Gasteiger partial charge in [0.1, 0.15) is 13.2 Å². The molecule has 472 valence electrons. The second kappa shape index (κ2) is 69.8. The molecule has 0 bridgehead atoms. The molecule has 82 heavy (non-hydrogen) atoms. The van der Waals surface area contributed by atoms with Crippen molar-refractivity contribution in [2.75, 3.05) is 13.2 Å². The monoisotopic (exact) mass is 1140 g/mol. The van der Waals surface area contributed by atoms with Gasteiger partial charge in [-0.3, -0.25) is 14.4 Å². The summed E-state index contributed by atoms with van der Waals surface area (Å²) in [7, 11) is 0. The Morgan fingerprint density at radius 2 is 0.476 bits per heavy atom. The van der Waals surface area contributed by atoms with Crippen LogP contribution in [0, 0.1) is 0 Å². The zero-order valence-electron chi connectivity index (χ0n) is 54.2. The average Bonchev–Trinajstić information content (AvgIpc) is 3.47. The molecule has 0 saturated heterocycles. The van der Waals surface area contributed by atoms with Crippen LogP contribution in [0.25, 0.3) is 0 Å². The van der Waals surface area contributed by atoms with E-state index in [1.54, 1.807) is 0 Å². The summed E-state index contributed by atoms with van der Waals surface area (Å²) in [5.41, 5.74) is 0. The van der Waals surface area contributed by atoms with Crippen LogP contribution < -0.4 is 0 Å². The SMILES string of the molecule is CC/C=C\C/C=C\C/C=C\C/C=C\C/C=C\CCCCCCCCCCCCCCCCCCCC(=O)OCC(COC(=O)CCCCCCC/C=C\CCCCC)OC(=O)CCCCCCCCCCC/C=C\C/C=C\CCCCC. The molecular formula is C76H132O6. The summed E-state index contributed by atoms with van der Waals surface area (Å²) in [5, 5.41) is 0. The van der Waals surface area contributed by atoms with Gasteiger partial charge in [0.15, 0.2) is 6.10 Å². The number of unbranched alkanes of at least 4 members (excludes halogenated alkanes) is 37. The summed E-state index contributed by atoms with van der Waals surface area (Å²) in [6.45, 7) is 6.50. The lowest BCUT2D eigenvalue weighted by Crippen LogP contribution is -2.30. The van der Waals surface area contributed by atoms with Crippen molar-refractivity contribution in [1.82, 2.24) is 0 Å². The first-order valence-electron chi connectivity index (χ1n) is 35.2. The van der Waals surface area contributed by atoms with Crippen LogP contribution in [0.3, 0.4) is 0 Å². The normalized spacial score (nSPS) is 12.7. The van der Waals surface area contributed by atoms with E-state index in [0.29, 0.717) is 19.3 Å². The molecule has 0 saturated carbocycles. The molecule has 6 nitrogen and oxygen atoms in total. The van der Waals surface area contributed by atoms with Crippen LogP contribution in [-0.4, -0.2) is 37.2 Å². The van der Waals surface area contributed by atoms with Crippen molar-refractivity contribution < 1.29 is 28.6 Å². The molecule has 1 atom stereocenters. The van der Waals surface area contributed by atoms with Gasteiger partial charge in [-0.2, -0.15) is 0 Å². The zero-order valence-corrected chi connectivity index (χ0v) is 54.2. The first kappa shape index (κ1) is 78.3. The molecule has 0 amide bonds. The van der Waals surface area contributed by atoms with Gasteiger partial charge < -0.3 is 14.2 Å². The molecule has 0 N–H and O–H groups in total. The first-order chi connectivity index (χ1) is 40.5. The fraction of sp³-hybridized carbons (Fsp3) is 0.750. The second-order valence-corrected chi connectivity index (χ2v) is 23.4. The van der Waals surface area contributed by atoms with Crippen LogP contribution in [-0.2, 0) is 28.6 Å². The minimum absolute atomic E-state index is 0.0782. The molecule has 6 heteroatoms. The zero-order chi connectivity index (χ0) is 59.2. The van der Waals surface area contributed by atoms with E-state index in [2.05, 4.69) is 118 Å². The van der Waals surface area contributed by atoms with E-state index >= 15 is 0 Å². The van der Waals surface area contributed by atoms with Gasteiger partial charge in [-0.15, -0.1) is 0 Å². The maximum Gasteiger partial charge on any atom is 0.306 e. The van der Waals surface area contributed by atoms with Crippen LogP contribution in [0.5, 0.6) is 0 Å². The second-order valence-electron chi connectivity index (χ2n) is 23.4. The number of hydrogen-bond acceptors (Lipinski definition) is 6. The topological polar surface area (TPSA) is 78.9 Å². The van der Waals surface area contributed by atoms with E-state index in [0.717, 1.165) is 103 Å². The molecule has 0 fully saturated rings. The highest BCUT2D eigenvalue weighted by atomic mass is 16.6. The third-order valence-electron chi connectivity index (χ3n) is 15.3. The van der Waals surface area contributed by atoms with Gasteiger partial charge in [-0.05, 0) is 122 Å². The molecule has 0 aliphatic carbocycles. The number of carbonyl (C=O) groups is 3. The predicted octanol–water partition coefficient (Wildman–Crippen LogP) is 24.4. The molecular weight excluding hydrogens is 1010 g/mol. The third kappa shape index (κ3) is 67.1. The highest BCUT2D eigenvalue weighted by Crippen LogP contribution is 2.17. The summed E-state index contributed by atoms with van der Waals surface area (Å²) < 4.78 is 17.0. The van der Waals surface area contributed by atoms with E-state index in [9.17, 15) is 14.4 Å². The van der Waals surface area contributed by atoms with Crippen molar-refractivity contribution in [1.29, 1.82) is 0 Å². The Bertz CT molecular complexity index is 1590. The van der Waals surface area contributed by atoms with Crippen molar-refractivity contribution in [3.63, 3.8) is 0 Å². The van der Waals surface area contributed by atoms with E-state index in [1.807, 2.05) is 0 Å². The maximum atomic E-state index is 12.9. The number of ether oxygens (including phenoxy) is 3. The van der Waals surface area contributed by atoms with Crippen LogP contribution in [0.4, 0.5) is 0 Å². The molecule has 0 aromatic heterocycles. The Kier molecular flexibility index (Phi) is 66.7. The fourth-order valence-electron chi connectivity index (χ4n) is 10.0. The van der Waals surface area contributed by atoms with Crippen LogP contribution in [0.2, 0.25) is 0 Å². The number of esters is 3.